The molecule has 2 aromatic carbocycles. The fourth-order valence-electron chi connectivity index (χ4n) is 2.19. The van der Waals surface area contributed by atoms with Gasteiger partial charge in [-0.1, -0.05) is 0 Å². The van der Waals surface area contributed by atoms with Crippen molar-refractivity contribution in [1.82, 2.24) is 0 Å². The van der Waals surface area contributed by atoms with Gasteiger partial charge >= 0.3 is 5.97 Å². The molecule has 0 aliphatic heterocycles. The Morgan fingerprint density at radius 1 is 1.14 bits per heavy atom. The number of Topliss-reactive ketones (excluding diaryl/α,β-unsaturated/α-hetero) is 1. The first kappa shape index (κ1) is 20.8. The summed E-state index contributed by atoms with van der Waals surface area (Å²) in [6.07, 6.45) is 0.490. The van der Waals surface area contributed by atoms with Crippen LogP contribution < -0.4 is 9.46 Å². The second-order valence-electron chi connectivity index (χ2n) is 5.76. The molecule has 0 spiro atoms. The zero-order valence-electron chi connectivity index (χ0n) is 14.6. The van der Waals surface area contributed by atoms with Gasteiger partial charge in [0.05, 0.1) is 29.4 Å². The number of non-ortho nitro benzene ring substituents is 1. The number of carbonyl (C=O) groups is 2. The third-order valence-corrected chi connectivity index (χ3v) is 4.03. The van der Waals surface area contributed by atoms with Crippen molar-refractivity contribution >= 4 is 33.2 Å². The van der Waals surface area contributed by atoms with E-state index in [0.717, 1.165) is 18.4 Å². The molecule has 2 N–H and O–H groups in total. The number of ether oxygens (including phenoxy) is 1. The number of hydrogen-bond donors (Lipinski definition) is 2. The molecule has 2 rings (SSSR count). The summed E-state index contributed by atoms with van der Waals surface area (Å²) < 4.78 is 30.7. The number of nitro groups is 1. The second-order valence-corrected chi connectivity index (χ2v) is 7.50. The number of carboxylic acid groups (broad SMARTS) is 1. The van der Waals surface area contributed by atoms with Crippen LogP contribution in [0.25, 0.3) is 0 Å². The van der Waals surface area contributed by atoms with Crippen LogP contribution in [0.15, 0.2) is 42.5 Å². The Kier molecular flexibility index (Phi) is 6.31. The van der Waals surface area contributed by atoms with Gasteiger partial charge in [-0.25, -0.2) is 8.42 Å². The Morgan fingerprint density at radius 2 is 1.79 bits per heavy atom. The highest BCUT2D eigenvalue weighted by Crippen LogP contribution is 2.33. The van der Waals surface area contributed by atoms with Crippen LogP contribution in [0.3, 0.4) is 0 Å². The number of carboxylic acids is 1. The highest BCUT2D eigenvalue weighted by atomic mass is 32.2. The third-order valence-electron chi connectivity index (χ3n) is 3.44. The number of rotatable bonds is 9. The van der Waals surface area contributed by atoms with Crippen LogP contribution in [0, 0.1) is 10.1 Å². The maximum absolute atomic E-state index is 11.9. The fourth-order valence-corrected chi connectivity index (χ4v) is 2.76. The highest BCUT2D eigenvalue weighted by Gasteiger charge is 2.16. The normalized spacial score (nSPS) is 10.9. The summed E-state index contributed by atoms with van der Waals surface area (Å²) in [5.74, 6) is -1.33. The van der Waals surface area contributed by atoms with Crippen molar-refractivity contribution in [3.63, 3.8) is 0 Å². The average molecular weight is 408 g/mol. The second kappa shape index (κ2) is 8.48. The van der Waals surface area contributed by atoms with E-state index in [2.05, 4.69) is 4.72 Å². The van der Waals surface area contributed by atoms with Gasteiger partial charge in [0.1, 0.15) is 5.75 Å². The van der Waals surface area contributed by atoms with Crippen molar-refractivity contribution in [1.29, 1.82) is 0 Å². The molecule has 0 saturated heterocycles. The van der Waals surface area contributed by atoms with Crippen LogP contribution in [-0.4, -0.2) is 36.5 Å². The first-order valence-electron chi connectivity index (χ1n) is 7.84. The van der Waals surface area contributed by atoms with Crippen molar-refractivity contribution in [3.05, 3.63) is 58.1 Å². The van der Waals surface area contributed by atoms with E-state index in [1.165, 1.54) is 30.3 Å². The Labute approximate surface area is 160 Å². The van der Waals surface area contributed by atoms with Crippen LogP contribution in [0.4, 0.5) is 11.4 Å². The molecule has 148 valence electrons. The molecule has 0 heterocycles. The van der Waals surface area contributed by atoms with Gasteiger partial charge in [0.25, 0.3) is 5.69 Å². The van der Waals surface area contributed by atoms with E-state index < -0.39 is 20.9 Å². The lowest BCUT2D eigenvalue weighted by molar-refractivity contribution is -0.384. The number of carbonyl (C=O) groups excluding carboxylic acids is 1. The highest BCUT2D eigenvalue weighted by molar-refractivity contribution is 7.92. The summed E-state index contributed by atoms with van der Waals surface area (Å²) >= 11 is 0. The van der Waals surface area contributed by atoms with Gasteiger partial charge in [0.15, 0.2) is 11.5 Å². The van der Waals surface area contributed by atoms with Crippen molar-refractivity contribution < 1.29 is 32.8 Å². The lowest BCUT2D eigenvalue weighted by Crippen LogP contribution is -2.10. The number of nitrogens with zero attached hydrogens (tertiary/aromatic N) is 1. The van der Waals surface area contributed by atoms with E-state index in [9.17, 15) is 28.1 Å². The van der Waals surface area contributed by atoms with Crippen LogP contribution in [0.1, 0.15) is 23.2 Å². The number of nitrogens with one attached hydrogen (secondary N) is 1. The molecule has 0 aliphatic rings. The lowest BCUT2D eigenvalue weighted by Gasteiger charge is -2.12. The van der Waals surface area contributed by atoms with Gasteiger partial charge in [0, 0.05) is 18.1 Å². The molecule has 0 bridgehead atoms. The molecule has 28 heavy (non-hydrogen) atoms. The predicted octanol–water partition coefficient (Wildman–Crippen LogP) is 2.81. The van der Waals surface area contributed by atoms with E-state index in [4.69, 9.17) is 9.84 Å². The summed E-state index contributed by atoms with van der Waals surface area (Å²) in [5, 5.41) is 19.6. The Hall–Kier alpha value is -3.47. The molecule has 0 fully saturated rings. The summed E-state index contributed by atoms with van der Waals surface area (Å²) in [7, 11) is -3.65. The fraction of sp³-hybridized carbons (Fsp3) is 0.176. The van der Waals surface area contributed by atoms with Gasteiger partial charge in [-0.3, -0.25) is 24.4 Å². The lowest BCUT2D eigenvalue weighted by atomic mass is 10.1. The number of sulfonamides is 1. The van der Waals surface area contributed by atoms with E-state index >= 15 is 0 Å². The maximum Gasteiger partial charge on any atom is 0.303 e. The number of anilines is 1. The van der Waals surface area contributed by atoms with Crippen molar-refractivity contribution in [2.45, 2.75) is 12.8 Å². The Morgan fingerprint density at radius 3 is 2.32 bits per heavy atom. The number of ketones is 1. The summed E-state index contributed by atoms with van der Waals surface area (Å²) in [6.45, 7) is 0. The minimum Gasteiger partial charge on any atom is -0.481 e. The minimum absolute atomic E-state index is 0.00899. The van der Waals surface area contributed by atoms with Gasteiger partial charge < -0.3 is 9.84 Å². The van der Waals surface area contributed by atoms with E-state index in [-0.39, 0.29) is 47.1 Å². The zero-order chi connectivity index (χ0) is 20.9. The van der Waals surface area contributed by atoms with Crippen LogP contribution in [0.2, 0.25) is 0 Å². The molecule has 0 unspecified atom stereocenters. The van der Waals surface area contributed by atoms with Gasteiger partial charge in [-0.2, -0.15) is 0 Å². The van der Waals surface area contributed by atoms with Crippen LogP contribution in [-0.2, 0) is 14.8 Å². The summed E-state index contributed by atoms with van der Waals surface area (Å²) in [4.78, 5) is 32.7. The molecular formula is C17H16N2O8S. The van der Waals surface area contributed by atoms with Crippen molar-refractivity contribution in [3.8, 4) is 11.5 Å². The molecule has 0 aliphatic carbocycles. The van der Waals surface area contributed by atoms with E-state index in [1.54, 1.807) is 0 Å². The molecular weight excluding hydrogens is 392 g/mol. The monoisotopic (exact) mass is 408 g/mol. The predicted molar refractivity (Wildman–Crippen MR) is 99.3 cm³/mol. The van der Waals surface area contributed by atoms with Crippen LogP contribution in [0.5, 0.6) is 11.5 Å². The number of hydrogen-bond acceptors (Lipinski definition) is 7. The first-order valence-corrected chi connectivity index (χ1v) is 9.73. The van der Waals surface area contributed by atoms with E-state index in [1.807, 2.05) is 0 Å². The number of aliphatic carboxylic acids is 1. The molecule has 0 amide bonds. The summed E-state index contributed by atoms with van der Waals surface area (Å²) in [5.41, 5.74) is -0.00800. The molecule has 11 heteroatoms. The number of nitro benzene ring substituents is 1. The largest absolute Gasteiger partial charge is 0.481 e. The maximum atomic E-state index is 11.9. The van der Waals surface area contributed by atoms with Crippen molar-refractivity contribution in [2.75, 3.05) is 11.0 Å². The minimum atomic E-state index is -3.65. The quantitative estimate of drug-likeness (QED) is 0.365. The molecule has 10 nitrogen and oxygen atoms in total. The van der Waals surface area contributed by atoms with Gasteiger partial charge in [-0.15, -0.1) is 0 Å². The third kappa shape index (κ3) is 6.06. The molecule has 0 aromatic heterocycles. The zero-order valence-corrected chi connectivity index (χ0v) is 15.4. The first-order chi connectivity index (χ1) is 13.0. The van der Waals surface area contributed by atoms with Crippen molar-refractivity contribution in [2.24, 2.45) is 0 Å². The standard InChI is InChI=1S/C17H16N2O8S/c1-28(25,26)18-14-7-4-12(19(23)24)10-16(14)27-13-5-2-11(3-6-13)15(20)8-9-17(21)22/h2-7,10,18H,8-9H2,1H3,(H,21,22). The molecule has 0 radical (unpaired) electrons. The molecule has 0 atom stereocenters. The molecule has 0 saturated carbocycles. The topological polar surface area (TPSA) is 153 Å². The Balaban J connectivity index is 2.26. The smallest absolute Gasteiger partial charge is 0.303 e. The SMILES string of the molecule is CS(=O)(=O)Nc1ccc([N+](=O)[O-])cc1Oc1ccc(C(=O)CCC(=O)O)cc1. The molecule has 2 aromatic rings. The van der Waals surface area contributed by atoms with E-state index in [0.29, 0.717) is 0 Å². The Bertz CT molecular complexity index is 1020. The van der Waals surface area contributed by atoms with Gasteiger partial charge in [0.2, 0.25) is 10.0 Å². The summed E-state index contributed by atoms with van der Waals surface area (Å²) in [6, 6.07) is 9.07. The van der Waals surface area contributed by atoms with Crippen LogP contribution >= 0.6 is 0 Å². The number of benzene rings is 2. The van der Waals surface area contributed by atoms with Gasteiger partial charge in [-0.05, 0) is 30.3 Å². The average Bonchev–Trinajstić information content (AvgIpc) is 2.60.